The fourth-order valence-corrected chi connectivity index (χ4v) is 3.79. The van der Waals surface area contributed by atoms with E-state index in [1.54, 1.807) is 17.3 Å². The number of aromatic nitrogens is 3. The maximum atomic E-state index is 13.3. The van der Waals surface area contributed by atoms with Crippen molar-refractivity contribution in [3.63, 3.8) is 0 Å². The van der Waals surface area contributed by atoms with Gasteiger partial charge >= 0.3 is 0 Å². The van der Waals surface area contributed by atoms with Gasteiger partial charge in [0, 0.05) is 35.4 Å². The summed E-state index contributed by atoms with van der Waals surface area (Å²) in [6.07, 6.45) is 1.72. The zero-order valence-electron chi connectivity index (χ0n) is 18.2. The topological polar surface area (TPSA) is 80.1 Å². The molecule has 1 atom stereocenters. The van der Waals surface area contributed by atoms with Crippen LogP contribution in [-0.2, 0) is 0 Å². The first kappa shape index (κ1) is 20.8. The SMILES string of the molecule is CC(C)NC(=O)c1ccc2c(c1)C(c1ncn(C(C)C)n1)CN2C(=O)c1ccccc1. The molecule has 0 fully saturated rings. The van der Waals surface area contributed by atoms with Crippen molar-refractivity contribution in [1.82, 2.24) is 20.1 Å². The fraction of sp³-hybridized carbons (Fsp3) is 0.333. The molecule has 0 aliphatic carbocycles. The van der Waals surface area contributed by atoms with E-state index in [1.165, 1.54) is 0 Å². The van der Waals surface area contributed by atoms with E-state index in [0.717, 1.165) is 11.3 Å². The van der Waals surface area contributed by atoms with E-state index in [4.69, 9.17) is 0 Å². The summed E-state index contributed by atoms with van der Waals surface area (Å²) in [6, 6.07) is 14.9. The van der Waals surface area contributed by atoms with E-state index in [0.29, 0.717) is 23.5 Å². The lowest BCUT2D eigenvalue weighted by molar-refractivity contribution is 0.0942. The first-order chi connectivity index (χ1) is 14.8. The second-order valence-corrected chi connectivity index (χ2v) is 8.41. The Kier molecular flexibility index (Phi) is 5.59. The molecule has 4 rings (SSSR count). The number of nitrogens with zero attached hydrogens (tertiary/aromatic N) is 4. The highest BCUT2D eigenvalue weighted by Gasteiger charge is 2.36. The lowest BCUT2D eigenvalue weighted by Gasteiger charge is -2.18. The minimum Gasteiger partial charge on any atom is -0.350 e. The molecule has 2 heterocycles. The molecule has 7 heteroatoms. The average Bonchev–Trinajstić information content (AvgIpc) is 3.38. The van der Waals surface area contributed by atoms with E-state index in [-0.39, 0.29) is 29.8 Å². The summed E-state index contributed by atoms with van der Waals surface area (Å²) in [7, 11) is 0. The largest absolute Gasteiger partial charge is 0.350 e. The molecule has 3 aromatic rings. The van der Waals surface area contributed by atoms with Crippen molar-refractivity contribution in [2.75, 3.05) is 11.4 Å². The Bertz CT molecular complexity index is 1100. The fourth-order valence-electron chi connectivity index (χ4n) is 3.79. The monoisotopic (exact) mass is 417 g/mol. The van der Waals surface area contributed by atoms with Crippen molar-refractivity contribution in [1.29, 1.82) is 0 Å². The van der Waals surface area contributed by atoms with Crippen LogP contribution >= 0.6 is 0 Å². The van der Waals surface area contributed by atoms with Crippen LogP contribution in [0.5, 0.6) is 0 Å². The van der Waals surface area contributed by atoms with E-state index in [9.17, 15) is 9.59 Å². The van der Waals surface area contributed by atoms with Gasteiger partial charge in [-0.2, -0.15) is 5.10 Å². The first-order valence-corrected chi connectivity index (χ1v) is 10.6. The van der Waals surface area contributed by atoms with Gasteiger partial charge in [-0.3, -0.25) is 14.3 Å². The van der Waals surface area contributed by atoms with Gasteiger partial charge in [0.05, 0.1) is 5.92 Å². The zero-order valence-corrected chi connectivity index (χ0v) is 18.2. The molecule has 7 nitrogen and oxygen atoms in total. The Morgan fingerprint density at radius 3 is 2.42 bits per heavy atom. The minimum absolute atomic E-state index is 0.0381. The van der Waals surface area contributed by atoms with Gasteiger partial charge in [-0.15, -0.1) is 0 Å². The molecule has 1 aromatic heterocycles. The molecule has 1 N–H and O–H groups in total. The highest BCUT2D eigenvalue weighted by molar-refractivity contribution is 6.08. The van der Waals surface area contributed by atoms with Crippen LogP contribution in [0.4, 0.5) is 5.69 Å². The number of carbonyl (C=O) groups excluding carboxylic acids is 2. The molecule has 1 unspecified atom stereocenters. The van der Waals surface area contributed by atoms with Gasteiger partial charge in [0.15, 0.2) is 5.82 Å². The Morgan fingerprint density at radius 2 is 1.77 bits per heavy atom. The van der Waals surface area contributed by atoms with Crippen LogP contribution in [0, 0.1) is 0 Å². The smallest absolute Gasteiger partial charge is 0.258 e. The van der Waals surface area contributed by atoms with Crippen LogP contribution in [0.15, 0.2) is 54.9 Å². The van der Waals surface area contributed by atoms with Gasteiger partial charge in [0.2, 0.25) is 0 Å². The molecular formula is C24H27N5O2. The van der Waals surface area contributed by atoms with E-state index in [1.807, 2.05) is 74.8 Å². The quantitative estimate of drug-likeness (QED) is 0.685. The van der Waals surface area contributed by atoms with Crippen molar-refractivity contribution < 1.29 is 9.59 Å². The number of hydrogen-bond acceptors (Lipinski definition) is 4. The number of amides is 2. The number of benzene rings is 2. The Balaban J connectivity index is 1.75. The summed E-state index contributed by atoms with van der Waals surface area (Å²) >= 11 is 0. The second kappa shape index (κ2) is 8.34. The van der Waals surface area contributed by atoms with Gasteiger partial charge < -0.3 is 10.2 Å². The maximum Gasteiger partial charge on any atom is 0.258 e. The van der Waals surface area contributed by atoms with Gasteiger partial charge in [-0.1, -0.05) is 18.2 Å². The molecule has 2 aromatic carbocycles. The number of anilines is 1. The van der Waals surface area contributed by atoms with Crippen molar-refractivity contribution in [3.05, 3.63) is 77.4 Å². The zero-order chi connectivity index (χ0) is 22.1. The van der Waals surface area contributed by atoms with Crippen molar-refractivity contribution in [2.45, 2.75) is 45.7 Å². The first-order valence-electron chi connectivity index (χ1n) is 10.6. The summed E-state index contributed by atoms with van der Waals surface area (Å²) < 4.78 is 1.81. The van der Waals surface area contributed by atoms with Crippen LogP contribution < -0.4 is 10.2 Å². The summed E-state index contributed by atoms with van der Waals surface area (Å²) in [5.74, 6) is 0.242. The standard InChI is InChI=1S/C24H27N5O2/c1-15(2)26-23(30)18-10-11-21-19(12-18)20(22-25-14-29(27-22)16(3)4)13-28(21)24(31)17-8-6-5-7-9-17/h5-12,14-16,20H,13H2,1-4H3,(H,26,30). The van der Waals surface area contributed by atoms with Crippen LogP contribution in [0.2, 0.25) is 0 Å². The van der Waals surface area contributed by atoms with Gasteiger partial charge in [-0.25, -0.2) is 4.98 Å². The second-order valence-electron chi connectivity index (χ2n) is 8.41. The van der Waals surface area contributed by atoms with Gasteiger partial charge in [0.25, 0.3) is 11.8 Å². The molecule has 0 bridgehead atoms. The summed E-state index contributed by atoms with van der Waals surface area (Å²) in [5.41, 5.74) is 2.87. The molecule has 160 valence electrons. The third-order valence-electron chi connectivity index (χ3n) is 5.37. The van der Waals surface area contributed by atoms with Gasteiger partial charge in [0.1, 0.15) is 6.33 Å². The third kappa shape index (κ3) is 4.08. The predicted octanol–water partition coefficient (Wildman–Crippen LogP) is 3.79. The number of hydrogen-bond donors (Lipinski definition) is 1. The average molecular weight is 418 g/mol. The number of nitrogens with one attached hydrogen (secondary N) is 1. The molecule has 0 radical (unpaired) electrons. The molecule has 1 aliphatic rings. The van der Waals surface area contributed by atoms with Crippen LogP contribution in [0.3, 0.4) is 0 Å². The molecular weight excluding hydrogens is 390 g/mol. The van der Waals surface area contributed by atoms with Crippen molar-refractivity contribution in [2.24, 2.45) is 0 Å². The van der Waals surface area contributed by atoms with E-state index >= 15 is 0 Å². The van der Waals surface area contributed by atoms with E-state index in [2.05, 4.69) is 15.4 Å². The van der Waals surface area contributed by atoms with Crippen molar-refractivity contribution >= 4 is 17.5 Å². The summed E-state index contributed by atoms with van der Waals surface area (Å²) in [5, 5.41) is 7.58. The normalized spacial score (nSPS) is 15.4. The lowest BCUT2D eigenvalue weighted by atomic mass is 9.98. The molecule has 0 saturated heterocycles. The van der Waals surface area contributed by atoms with Crippen LogP contribution in [-0.4, -0.2) is 39.2 Å². The number of rotatable bonds is 5. The molecule has 31 heavy (non-hydrogen) atoms. The Labute approximate surface area is 182 Å². The molecule has 1 aliphatic heterocycles. The summed E-state index contributed by atoms with van der Waals surface area (Å²) in [4.78, 5) is 32.1. The van der Waals surface area contributed by atoms with Gasteiger partial charge in [-0.05, 0) is 63.6 Å². The molecule has 0 saturated carbocycles. The van der Waals surface area contributed by atoms with Crippen LogP contribution in [0.1, 0.15) is 71.8 Å². The predicted molar refractivity (Wildman–Crippen MR) is 119 cm³/mol. The third-order valence-corrected chi connectivity index (χ3v) is 5.37. The van der Waals surface area contributed by atoms with Crippen molar-refractivity contribution in [3.8, 4) is 0 Å². The van der Waals surface area contributed by atoms with E-state index < -0.39 is 0 Å². The number of fused-ring (bicyclic) bond motifs is 1. The Morgan fingerprint density at radius 1 is 1.03 bits per heavy atom. The molecule has 0 spiro atoms. The summed E-state index contributed by atoms with van der Waals surface area (Å²) in [6.45, 7) is 8.37. The highest BCUT2D eigenvalue weighted by Crippen LogP contribution is 2.40. The number of carbonyl (C=O) groups is 2. The Hall–Kier alpha value is -3.48. The highest BCUT2D eigenvalue weighted by atomic mass is 16.2. The minimum atomic E-state index is -0.200. The maximum absolute atomic E-state index is 13.3. The molecule has 2 amide bonds. The van der Waals surface area contributed by atoms with Crippen LogP contribution in [0.25, 0.3) is 0 Å². The lowest BCUT2D eigenvalue weighted by Crippen LogP contribution is -2.30.